The molecule has 0 aliphatic heterocycles. The molecular weight excluding hydrogens is 413 g/mol. The largest absolute Gasteiger partial charge is 0.493 e. The van der Waals surface area contributed by atoms with Crippen molar-refractivity contribution in [1.82, 2.24) is 5.32 Å². The number of hydrogen-bond donors (Lipinski definition) is 2. The van der Waals surface area contributed by atoms with Gasteiger partial charge < -0.3 is 24.6 Å². The van der Waals surface area contributed by atoms with Gasteiger partial charge in [-0.05, 0) is 23.8 Å². The second-order valence-electron chi connectivity index (χ2n) is 5.60. The summed E-state index contributed by atoms with van der Waals surface area (Å²) in [6.45, 7) is 2.25. The van der Waals surface area contributed by atoms with E-state index in [2.05, 4.69) is 5.32 Å². The van der Waals surface area contributed by atoms with Crippen molar-refractivity contribution >= 4 is 34.8 Å². The third kappa shape index (κ3) is 6.71. The first kappa shape index (κ1) is 22.1. The van der Waals surface area contributed by atoms with E-state index in [-0.39, 0.29) is 13.2 Å². The number of ether oxygens (including phenoxy) is 3. The van der Waals surface area contributed by atoms with Crippen molar-refractivity contribution in [1.29, 1.82) is 0 Å². The Morgan fingerprint density at radius 2 is 1.74 bits per heavy atom. The molecule has 27 heavy (non-hydrogen) atoms. The van der Waals surface area contributed by atoms with Gasteiger partial charge in [-0.2, -0.15) is 0 Å². The normalized spacial score (nSPS) is 10.9. The highest BCUT2D eigenvalue weighted by molar-refractivity contribution is 6.36. The highest BCUT2D eigenvalue weighted by Crippen LogP contribution is 2.35. The van der Waals surface area contributed by atoms with Gasteiger partial charge in [-0.15, -0.1) is 0 Å². The van der Waals surface area contributed by atoms with Gasteiger partial charge in [-0.3, -0.25) is 0 Å². The topological polar surface area (TPSA) is 60.0 Å². The molecule has 0 aliphatic carbocycles. The van der Waals surface area contributed by atoms with Crippen LogP contribution in [0.4, 0.5) is 0 Å². The fourth-order valence-electron chi connectivity index (χ4n) is 2.34. The van der Waals surface area contributed by atoms with Gasteiger partial charge in [0.15, 0.2) is 11.5 Å². The van der Waals surface area contributed by atoms with Crippen molar-refractivity contribution < 1.29 is 19.3 Å². The molecule has 0 saturated heterocycles. The predicted octanol–water partition coefficient (Wildman–Crippen LogP) is 4.33. The number of nitrogens with one attached hydrogen (secondary N) is 1. The lowest BCUT2D eigenvalue weighted by Crippen LogP contribution is -2.20. The molecule has 148 valence electrons. The van der Waals surface area contributed by atoms with Crippen LogP contribution in [-0.2, 0) is 17.9 Å². The maximum Gasteiger partial charge on any atom is 0.163 e. The van der Waals surface area contributed by atoms with Crippen LogP contribution in [0.3, 0.4) is 0 Å². The Hall–Kier alpha value is -1.21. The molecule has 8 heteroatoms. The van der Waals surface area contributed by atoms with Crippen LogP contribution >= 0.6 is 34.8 Å². The predicted molar refractivity (Wildman–Crippen MR) is 108 cm³/mol. The number of aliphatic hydroxyl groups is 1. The van der Waals surface area contributed by atoms with E-state index in [0.29, 0.717) is 58.4 Å². The number of rotatable bonds is 11. The van der Waals surface area contributed by atoms with Crippen molar-refractivity contribution in [2.45, 2.75) is 13.2 Å². The fraction of sp³-hybridized carbons (Fsp3) is 0.368. The molecule has 0 aromatic heterocycles. The summed E-state index contributed by atoms with van der Waals surface area (Å²) in [4.78, 5) is 0. The van der Waals surface area contributed by atoms with Gasteiger partial charge in [-0.25, -0.2) is 0 Å². The monoisotopic (exact) mass is 433 g/mol. The molecular formula is C19H22Cl3NO4. The molecule has 0 aliphatic rings. The maximum atomic E-state index is 8.66. The molecule has 0 fully saturated rings. The van der Waals surface area contributed by atoms with Crippen LogP contribution in [0.5, 0.6) is 11.5 Å². The minimum Gasteiger partial charge on any atom is -0.493 e. The second kappa shape index (κ2) is 11.6. The van der Waals surface area contributed by atoms with E-state index < -0.39 is 0 Å². The van der Waals surface area contributed by atoms with E-state index in [1.807, 2.05) is 6.07 Å². The summed E-state index contributed by atoms with van der Waals surface area (Å²) in [7, 11) is 1.57. The first-order valence-electron chi connectivity index (χ1n) is 8.38. The standard InChI is InChI=1S/C19H22Cl3NO4/c1-25-18-9-13(11-23-5-7-26-8-6-24)17(22)10-19(18)27-12-14-15(20)3-2-4-16(14)21/h2-4,9-10,23-24H,5-8,11-12H2,1H3. The lowest BCUT2D eigenvalue weighted by atomic mass is 10.2. The molecule has 0 heterocycles. The van der Waals surface area contributed by atoms with Crippen LogP contribution < -0.4 is 14.8 Å². The first-order chi connectivity index (χ1) is 13.1. The highest BCUT2D eigenvalue weighted by Gasteiger charge is 2.13. The number of benzene rings is 2. The summed E-state index contributed by atoms with van der Waals surface area (Å²) in [6, 6.07) is 8.84. The van der Waals surface area contributed by atoms with Crippen molar-refractivity contribution in [3.63, 3.8) is 0 Å². The van der Waals surface area contributed by atoms with Gasteiger partial charge in [-0.1, -0.05) is 40.9 Å². The SMILES string of the molecule is COc1cc(CNCCOCCO)c(Cl)cc1OCc1c(Cl)cccc1Cl. The van der Waals surface area contributed by atoms with Crippen molar-refractivity contribution in [2.75, 3.05) is 33.5 Å². The molecule has 0 amide bonds. The Balaban J connectivity index is 2.00. The number of aliphatic hydroxyl groups excluding tert-OH is 1. The molecule has 0 bridgehead atoms. The molecule has 0 radical (unpaired) electrons. The van der Waals surface area contributed by atoms with Crippen LogP contribution in [0.25, 0.3) is 0 Å². The maximum absolute atomic E-state index is 8.66. The van der Waals surface area contributed by atoms with Gasteiger partial charge >= 0.3 is 0 Å². The van der Waals surface area contributed by atoms with Gasteiger partial charge in [0, 0.05) is 39.8 Å². The van der Waals surface area contributed by atoms with E-state index in [1.54, 1.807) is 31.4 Å². The van der Waals surface area contributed by atoms with Crippen LogP contribution in [0.1, 0.15) is 11.1 Å². The lowest BCUT2D eigenvalue weighted by Gasteiger charge is -2.15. The molecule has 0 saturated carbocycles. The first-order valence-corrected chi connectivity index (χ1v) is 9.51. The number of halogens is 3. The summed E-state index contributed by atoms with van der Waals surface area (Å²) in [5.41, 5.74) is 1.58. The Bertz CT molecular complexity index is 723. The lowest BCUT2D eigenvalue weighted by molar-refractivity contribution is 0.0938. The second-order valence-corrected chi connectivity index (χ2v) is 6.82. The third-order valence-corrected chi connectivity index (χ3v) is 4.80. The van der Waals surface area contributed by atoms with Gasteiger partial charge in [0.05, 0.1) is 26.9 Å². The van der Waals surface area contributed by atoms with Crippen LogP contribution in [0, 0.1) is 0 Å². The van der Waals surface area contributed by atoms with Crippen molar-refractivity contribution in [2.24, 2.45) is 0 Å². The van der Waals surface area contributed by atoms with E-state index in [4.69, 9.17) is 54.1 Å². The quantitative estimate of drug-likeness (QED) is 0.515. The van der Waals surface area contributed by atoms with Gasteiger partial charge in [0.1, 0.15) is 6.61 Å². The van der Waals surface area contributed by atoms with Crippen LogP contribution in [0.2, 0.25) is 15.1 Å². The zero-order valence-corrected chi connectivity index (χ0v) is 17.2. The molecule has 0 unspecified atom stereocenters. The zero-order valence-electron chi connectivity index (χ0n) is 14.9. The summed E-state index contributed by atoms with van der Waals surface area (Å²) in [5.74, 6) is 1.07. The smallest absolute Gasteiger partial charge is 0.163 e. The molecule has 5 nitrogen and oxygen atoms in total. The van der Waals surface area contributed by atoms with Crippen LogP contribution in [0.15, 0.2) is 30.3 Å². The highest BCUT2D eigenvalue weighted by atomic mass is 35.5. The van der Waals surface area contributed by atoms with Crippen molar-refractivity contribution in [3.05, 3.63) is 56.5 Å². The summed E-state index contributed by atoms with van der Waals surface area (Å²) >= 11 is 18.7. The van der Waals surface area contributed by atoms with E-state index >= 15 is 0 Å². The molecule has 2 N–H and O–H groups in total. The number of methoxy groups -OCH3 is 1. The zero-order chi connectivity index (χ0) is 19.6. The summed E-state index contributed by atoms with van der Waals surface area (Å²) < 4.78 is 16.5. The Morgan fingerprint density at radius 3 is 2.41 bits per heavy atom. The Kier molecular flexibility index (Phi) is 9.48. The van der Waals surface area contributed by atoms with Crippen molar-refractivity contribution in [3.8, 4) is 11.5 Å². The molecule has 0 atom stereocenters. The number of hydrogen-bond acceptors (Lipinski definition) is 5. The molecule has 0 spiro atoms. The van der Waals surface area contributed by atoms with E-state index in [0.717, 1.165) is 5.56 Å². The Labute approximate surface area is 174 Å². The molecule has 2 rings (SSSR count). The van der Waals surface area contributed by atoms with Gasteiger partial charge in [0.25, 0.3) is 0 Å². The summed E-state index contributed by atoms with van der Waals surface area (Å²) in [5, 5.41) is 13.5. The molecule has 2 aromatic rings. The fourth-order valence-corrected chi connectivity index (χ4v) is 3.07. The molecule has 2 aromatic carbocycles. The van der Waals surface area contributed by atoms with E-state index in [9.17, 15) is 0 Å². The summed E-state index contributed by atoms with van der Waals surface area (Å²) in [6.07, 6.45) is 0. The van der Waals surface area contributed by atoms with E-state index in [1.165, 1.54) is 0 Å². The average molecular weight is 435 g/mol. The van der Waals surface area contributed by atoms with Crippen LogP contribution in [-0.4, -0.2) is 38.6 Å². The van der Waals surface area contributed by atoms with Gasteiger partial charge in [0.2, 0.25) is 0 Å². The average Bonchev–Trinajstić information content (AvgIpc) is 2.65. The Morgan fingerprint density at radius 1 is 1.00 bits per heavy atom. The third-order valence-electron chi connectivity index (χ3n) is 3.74. The minimum atomic E-state index is 0.0178. The minimum absolute atomic E-state index is 0.0178.